The third kappa shape index (κ3) is 3.44. The smallest absolute Gasteiger partial charge is 0.225 e. The van der Waals surface area contributed by atoms with Crippen LogP contribution < -0.4 is 10.2 Å². The van der Waals surface area contributed by atoms with Gasteiger partial charge >= 0.3 is 0 Å². The summed E-state index contributed by atoms with van der Waals surface area (Å²) in [6.45, 7) is 4.60. The highest BCUT2D eigenvalue weighted by Gasteiger charge is 2.21. The van der Waals surface area contributed by atoms with Crippen LogP contribution in [0.5, 0.6) is 0 Å². The molecule has 1 fully saturated rings. The van der Waals surface area contributed by atoms with E-state index in [9.17, 15) is 0 Å². The maximum Gasteiger partial charge on any atom is 0.225 e. The van der Waals surface area contributed by atoms with Crippen molar-refractivity contribution in [3.63, 3.8) is 0 Å². The number of likely N-dealkylation sites (N-methyl/N-ethyl adjacent to an activating group) is 1. The summed E-state index contributed by atoms with van der Waals surface area (Å²) < 4.78 is 5.73. The zero-order valence-electron chi connectivity index (χ0n) is 12.8. The number of ether oxygens (including phenoxy) is 1. The molecule has 0 bridgehead atoms. The molecule has 1 saturated carbocycles. The van der Waals surface area contributed by atoms with Crippen LogP contribution >= 0.6 is 11.3 Å². The van der Waals surface area contributed by atoms with Crippen molar-refractivity contribution in [3.8, 4) is 0 Å². The second kappa shape index (κ2) is 6.15. The molecule has 1 aliphatic carbocycles. The van der Waals surface area contributed by atoms with Gasteiger partial charge in [0.1, 0.15) is 10.6 Å². The molecule has 1 aliphatic rings. The minimum Gasteiger partial charge on any atom is -0.379 e. The van der Waals surface area contributed by atoms with Crippen LogP contribution in [0.1, 0.15) is 17.7 Å². The Morgan fingerprint density at radius 1 is 1.43 bits per heavy atom. The van der Waals surface area contributed by atoms with Crippen molar-refractivity contribution in [1.82, 2.24) is 9.97 Å². The molecule has 0 atom stereocenters. The first-order chi connectivity index (χ1) is 10.2. The Balaban J connectivity index is 1.73. The fraction of sp³-hybridized carbons (Fsp3) is 0.600. The minimum atomic E-state index is 0.671. The Hall–Kier alpha value is -1.40. The van der Waals surface area contributed by atoms with Gasteiger partial charge in [0.25, 0.3) is 0 Å². The SMILES string of the molecule is CNc1nc(N(C)CCOCC2CC2)c2cc(C)sc2n1. The molecule has 1 N–H and O–H groups in total. The lowest BCUT2D eigenvalue weighted by Gasteiger charge is -2.19. The summed E-state index contributed by atoms with van der Waals surface area (Å²) in [5, 5.41) is 4.17. The highest BCUT2D eigenvalue weighted by atomic mass is 32.1. The van der Waals surface area contributed by atoms with Gasteiger partial charge in [0, 0.05) is 32.1 Å². The van der Waals surface area contributed by atoms with Gasteiger partial charge in [-0.25, -0.2) is 4.98 Å². The predicted octanol–water partition coefficient (Wildman–Crippen LogP) is 2.90. The predicted molar refractivity (Wildman–Crippen MR) is 88.5 cm³/mol. The van der Waals surface area contributed by atoms with Gasteiger partial charge in [0.15, 0.2) is 0 Å². The lowest BCUT2D eigenvalue weighted by Crippen LogP contribution is -2.24. The third-order valence-electron chi connectivity index (χ3n) is 3.70. The molecule has 0 aromatic carbocycles. The molecule has 0 radical (unpaired) electrons. The van der Waals surface area contributed by atoms with E-state index in [1.165, 1.54) is 17.7 Å². The second-order valence-electron chi connectivity index (χ2n) is 5.64. The number of rotatable bonds is 7. The fourth-order valence-corrected chi connectivity index (χ4v) is 3.15. The molecule has 21 heavy (non-hydrogen) atoms. The van der Waals surface area contributed by atoms with E-state index >= 15 is 0 Å². The van der Waals surface area contributed by atoms with Gasteiger partial charge in [-0.3, -0.25) is 0 Å². The van der Waals surface area contributed by atoms with E-state index in [2.05, 4.69) is 40.2 Å². The van der Waals surface area contributed by atoms with Gasteiger partial charge in [-0.2, -0.15) is 4.98 Å². The summed E-state index contributed by atoms with van der Waals surface area (Å²) in [7, 11) is 3.92. The van der Waals surface area contributed by atoms with E-state index in [4.69, 9.17) is 4.74 Å². The Bertz CT molecular complexity index is 623. The molecule has 0 aliphatic heterocycles. The zero-order chi connectivity index (χ0) is 14.8. The van der Waals surface area contributed by atoms with Crippen molar-refractivity contribution in [2.75, 3.05) is 44.1 Å². The van der Waals surface area contributed by atoms with Crippen molar-refractivity contribution >= 4 is 33.3 Å². The number of aromatic nitrogens is 2. The minimum absolute atomic E-state index is 0.671. The van der Waals surface area contributed by atoms with E-state index in [0.29, 0.717) is 5.95 Å². The number of aryl methyl sites for hydroxylation is 1. The maximum atomic E-state index is 5.73. The average molecular weight is 306 g/mol. The number of hydrogen-bond acceptors (Lipinski definition) is 6. The molecule has 114 valence electrons. The molecule has 6 heteroatoms. The first-order valence-electron chi connectivity index (χ1n) is 7.42. The second-order valence-corrected chi connectivity index (χ2v) is 6.87. The van der Waals surface area contributed by atoms with Crippen LogP contribution in [-0.2, 0) is 4.74 Å². The van der Waals surface area contributed by atoms with E-state index in [1.54, 1.807) is 11.3 Å². The molecule has 2 heterocycles. The number of nitrogens with zero attached hydrogens (tertiary/aromatic N) is 3. The van der Waals surface area contributed by atoms with Crippen molar-refractivity contribution in [2.45, 2.75) is 19.8 Å². The molecule has 2 aromatic heterocycles. The van der Waals surface area contributed by atoms with Gasteiger partial charge < -0.3 is 15.0 Å². The topological polar surface area (TPSA) is 50.3 Å². The van der Waals surface area contributed by atoms with Crippen molar-refractivity contribution < 1.29 is 4.74 Å². The zero-order valence-corrected chi connectivity index (χ0v) is 13.7. The molecule has 5 nitrogen and oxygen atoms in total. The Morgan fingerprint density at radius 2 is 2.24 bits per heavy atom. The third-order valence-corrected chi connectivity index (χ3v) is 4.65. The van der Waals surface area contributed by atoms with Crippen molar-refractivity contribution in [1.29, 1.82) is 0 Å². The van der Waals surface area contributed by atoms with Crippen LogP contribution in [0.25, 0.3) is 10.2 Å². The van der Waals surface area contributed by atoms with E-state index in [1.807, 2.05) is 7.05 Å². The average Bonchev–Trinajstić information content (AvgIpc) is 3.22. The van der Waals surface area contributed by atoms with Crippen molar-refractivity contribution in [3.05, 3.63) is 10.9 Å². The van der Waals surface area contributed by atoms with E-state index in [0.717, 1.165) is 41.7 Å². The summed E-state index contributed by atoms with van der Waals surface area (Å²) in [5.74, 6) is 2.46. The lowest BCUT2D eigenvalue weighted by molar-refractivity contribution is 0.131. The quantitative estimate of drug-likeness (QED) is 0.797. The molecular formula is C15H22N4OS. The van der Waals surface area contributed by atoms with Crippen LogP contribution in [0.15, 0.2) is 6.07 Å². The number of anilines is 2. The van der Waals surface area contributed by atoms with Gasteiger partial charge in [0.2, 0.25) is 5.95 Å². The highest BCUT2D eigenvalue weighted by Crippen LogP contribution is 2.31. The van der Waals surface area contributed by atoms with Gasteiger partial charge in [-0.1, -0.05) is 0 Å². The number of thiophene rings is 1. The summed E-state index contributed by atoms with van der Waals surface area (Å²) >= 11 is 1.70. The van der Waals surface area contributed by atoms with E-state index < -0.39 is 0 Å². The standard InChI is InChI=1S/C15H22N4OS/c1-10-8-12-13(17-15(16-2)18-14(12)21-10)19(3)6-7-20-9-11-4-5-11/h8,11H,4-7,9H2,1-3H3,(H,16,17,18). The van der Waals surface area contributed by atoms with Crippen LogP contribution in [-0.4, -0.2) is 43.8 Å². The first kappa shape index (κ1) is 14.5. The molecule has 3 rings (SSSR count). The highest BCUT2D eigenvalue weighted by molar-refractivity contribution is 7.18. The summed E-state index contributed by atoms with van der Waals surface area (Å²) in [6.07, 6.45) is 2.67. The number of nitrogens with one attached hydrogen (secondary N) is 1. The number of fused-ring (bicyclic) bond motifs is 1. The van der Waals surface area contributed by atoms with E-state index in [-0.39, 0.29) is 0 Å². The van der Waals surface area contributed by atoms with Gasteiger partial charge in [0.05, 0.1) is 12.0 Å². The Morgan fingerprint density at radius 3 is 2.95 bits per heavy atom. The van der Waals surface area contributed by atoms with Crippen LogP contribution in [0.2, 0.25) is 0 Å². The molecule has 2 aromatic rings. The monoisotopic (exact) mass is 306 g/mol. The Labute approximate surface area is 129 Å². The fourth-order valence-electron chi connectivity index (χ4n) is 2.27. The maximum absolute atomic E-state index is 5.73. The number of hydrogen-bond donors (Lipinski definition) is 1. The molecule has 0 amide bonds. The molecular weight excluding hydrogens is 284 g/mol. The Kier molecular flexibility index (Phi) is 4.26. The van der Waals surface area contributed by atoms with Crippen LogP contribution in [0.3, 0.4) is 0 Å². The van der Waals surface area contributed by atoms with Crippen molar-refractivity contribution in [2.24, 2.45) is 5.92 Å². The summed E-state index contributed by atoms with van der Waals surface area (Å²) in [5.41, 5.74) is 0. The van der Waals surface area contributed by atoms with Gasteiger partial charge in [-0.15, -0.1) is 11.3 Å². The molecule has 0 saturated heterocycles. The van der Waals surface area contributed by atoms with Crippen LogP contribution in [0.4, 0.5) is 11.8 Å². The largest absolute Gasteiger partial charge is 0.379 e. The van der Waals surface area contributed by atoms with Crippen LogP contribution in [0, 0.1) is 12.8 Å². The summed E-state index contributed by atoms with van der Waals surface area (Å²) in [6, 6.07) is 2.16. The van der Waals surface area contributed by atoms with Gasteiger partial charge in [-0.05, 0) is 31.7 Å². The normalized spacial score (nSPS) is 14.6. The first-order valence-corrected chi connectivity index (χ1v) is 8.24. The lowest BCUT2D eigenvalue weighted by atomic mass is 10.3. The molecule has 0 unspecified atom stereocenters. The summed E-state index contributed by atoms with van der Waals surface area (Å²) in [4.78, 5) is 13.6. The molecule has 0 spiro atoms.